The molecule has 0 bridgehead atoms. The minimum atomic E-state index is -2.17. The van der Waals surface area contributed by atoms with Crippen molar-refractivity contribution in [2.24, 2.45) is 0 Å². The lowest BCUT2D eigenvalue weighted by Crippen LogP contribution is -2.48. The number of hydrogen-bond donors (Lipinski definition) is 2. The second-order valence-electron chi connectivity index (χ2n) is 8.28. The fourth-order valence-electron chi connectivity index (χ4n) is 3.36. The first-order valence-electron chi connectivity index (χ1n) is 11.4. The number of carboxylic acids is 1. The number of carbonyl (C=O) groups is 4. The van der Waals surface area contributed by atoms with E-state index in [9.17, 15) is 24.3 Å². The molecule has 38 heavy (non-hydrogen) atoms. The third kappa shape index (κ3) is 6.88. The minimum Gasteiger partial charge on any atom is -0.497 e. The van der Waals surface area contributed by atoms with E-state index < -0.39 is 36.0 Å². The first kappa shape index (κ1) is 27.7. The maximum Gasteiger partial charge on any atom is 0.349 e. The summed E-state index contributed by atoms with van der Waals surface area (Å²) >= 11 is 0. The zero-order valence-electron chi connectivity index (χ0n) is 21.2. The molecule has 0 aliphatic rings. The van der Waals surface area contributed by atoms with Crippen LogP contribution in [0.5, 0.6) is 11.5 Å². The van der Waals surface area contributed by atoms with Crippen LogP contribution in [0, 0.1) is 13.8 Å². The van der Waals surface area contributed by atoms with Gasteiger partial charge in [-0.15, -0.1) is 0 Å². The van der Waals surface area contributed by atoms with Crippen LogP contribution in [0.2, 0.25) is 0 Å². The molecule has 0 aliphatic heterocycles. The molecule has 0 radical (unpaired) electrons. The highest BCUT2D eigenvalue weighted by atomic mass is 16.6. The van der Waals surface area contributed by atoms with E-state index in [1.54, 1.807) is 30.3 Å². The van der Waals surface area contributed by atoms with Gasteiger partial charge in [-0.2, -0.15) is 0 Å². The van der Waals surface area contributed by atoms with Gasteiger partial charge in [0.25, 0.3) is 5.91 Å². The van der Waals surface area contributed by atoms with Crippen molar-refractivity contribution >= 4 is 29.5 Å². The van der Waals surface area contributed by atoms with Crippen LogP contribution in [-0.2, 0) is 19.1 Å². The SMILES string of the molecule is COc1ccc(OC)c(NC(=O)[C@H](OC(=O)c2ccc(C)cc2)[C@H](OC(=O)c2ccc(C)cc2)C(=O)O)c1. The molecule has 0 aromatic heterocycles. The summed E-state index contributed by atoms with van der Waals surface area (Å²) in [6.45, 7) is 3.63. The number of rotatable bonds is 10. The Labute approximate surface area is 219 Å². The van der Waals surface area contributed by atoms with E-state index >= 15 is 0 Å². The molecular weight excluding hydrogens is 494 g/mol. The van der Waals surface area contributed by atoms with Crippen molar-refractivity contribution in [2.75, 3.05) is 19.5 Å². The first-order valence-corrected chi connectivity index (χ1v) is 11.4. The van der Waals surface area contributed by atoms with Crippen molar-refractivity contribution in [3.8, 4) is 11.5 Å². The number of amides is 1. The van der Waals surface area contributed by atoms with Crippen LogP contribution in [0.3, 0.4) is 0 Å². The van der Waals surface area contributed by atoms with Crippen LogP contribution in [-0.4, -0.2) is 55.3 Å². The second kappa shape index (κ2) is 12.4. The summed E-state index contributed by atoms with van der Waals surface area (Å²) in [6.07, 6.45) is -4.23. The summed E-state index contributed by atoms with van der Waals surface area (Å²) < 4.78 is 20.9. The number of methoxy groups -OCH3 is 2. The summed E-state index contributed by atoms with van der Waals surface area (Å²) in [4.78, 5) is 51.2. The van der Waals surface area contributed by atoms with Gasteiger partial charge >= 0.3 is 17.9 Å². The van der Waals surface area contributed by atoms with Crippen molar-refractivity contribution in [2.45, 2.75) is 26.1 Å². The maximum absolute atomic E-state index is 13.4. The van der Waals surface area contributed by atoms with E-state index in [-0.39, 0.29) is 22.6 Å². The number of aliphatic carboxylic acids is 1. The fourth-order valence-corrected chi connectivity index (χ4v) is 3.36. The maximum atomic E-state index is 13.4. The lowest BCUT2D eigenvalue weighted by atomic mass is 10.1. The Bertz CT molecular complexity index is 1320. The summed E-state index contributed by atoms with van der Waals surface area (Å²) in [5.74, 6) is -4.16. The molecule has 198 valence electrons. The van der Waals surface area contributed by atoms with E-state index in [2.05, 4.69) is 5.32 Å². The van der Waals surface area contributed by atoms with Gasteiger partial charge in [0.05, 0.1) is 31.0 Å². The molecule has 2 N–H and O–H groups in total. The van der Waals surface area contributed by atoms with Gasteiger partial charge in [0.15, 0.2) is 0 Å². The summed E-state index contributed by atoms with van der Waals surface area (Å²) in [5, 5.41) is 12.4. The Morgan fingerprint density at radius 2 is 1.21 bits per heavy atom. The number of ether oxygens (including phenoxy) is 4. The fraction of sp³-hybridized carbons (Fsp3) is 0.214. The molecule has 0 spiro atoms. The summed E-state index contributed by atoms with van der Waals surface area (Å²) in [5.41, 5.74) is 1.98. The number of esters is 2. The molecule has 0 aliphatic carbocycles. The number of carboxylic acid groups (broad SMARTS) is 1. The summed E-state index contributed by atoms with van der Waals surface area (Å²) in [7, 11) is 2.79. The molecule has 10 nitrogen and oxygen atoms in total. The molecule has 0 saturated heterocycles. The molecule has 3 rings (SSSR count). The Balaban J connectivity index is 1.96. The Hall–Kier alpha value is -4.86. The van der Waals surface area contributed by atoms with E-state index in [0.717, 1.165) is 11.1 Å². The van der Waals surface area contributed by atoms with Crippen LogP contribution in [0.25, 0.3) is 0 Å². The molecule has 3 aromatic carbocycles. The number of carbonyl (C=O) groups excluding carboxylic acids is 3. The van der Waals surface area contributed by atoms with E-state index in [1.807, 2.05) is 13.8 Å². The molecule has 10 heteroatoms. The Morgan fingerprint density at radius 1 is 0.711 bits per heavy atom. The Morgan fingerprint density at radius 3 is 1.66 bits per heavy atom. The van der Waals surface area contributed by atoms with E-state index in [0.29, 0.717) is 5.75 Å². The zero-order chi connectivity index (χ0) is 27.8. The van der Waals surface area contributed by atoms with E-state index in [1.165, 1.54) is 50.6 Å². The van der Waals surface area contributed by atoms with Gasteiger partial charge < -0.3 is 29.4 Å². The highest BCUT2D eigenvalue weighted by Crippen LogP contribution is 2.29. The number of aryl methyl sites for hydroxylation is 2. The summed E-state index contributed by atoms with van der Waals surface area (Å²) in [6, 6.07) is 17.0. The van der Waals surface area contributed by atoms with Gasteiger partial charge in [-0.25, -0.2) is 14.4 Å². The van der Waals surface area contributed by atoms with Gasteiger partial charge in [-0.1, -0.05) is 35.4 Å². The van der Waals surface area contributed by atoms with Crippen molar-refractivity contribution in [3.05, 3.63) is 89.0 Å². The molecule has 2 atom stereocenters. The van der Waals surface area contributed by atoms with Gasteiger partial charge in [0, 0.05) is 6.07 Å². The van der Waals surface area contributed by atoms with Crippen LogP contribution < -0.4 is 14.8 Å². The largest absolute Gasteiger partial charge is 0.497 e. The lowest BCUT2D eigenvalue weighted by Gasteiger charge is -2.24. The number of nitrogens with one attached hydrogen (secondary N) is 1. The smallest absolute Gasteiger partial charge is 0.349 e. The monoisotopic (exact) mass is 521 g/mol. The molecule has 1 amide bonds. The number of hydrogen-bond acceptors (Lipinski definition) is 8. The van der Waals surface area contributed by atoms with Crippen molar-refractivity contribution in [1.29, 1.82) is 0 Å². The highest BCUT2D eigenvalue weighted by molar-refractivity contribution is 6.02. The van der Waals surface area contributed by atoms with Gasteiger partial charge in [0.2, 0.25) is 12.2 Å². The quantitative estimate of drug-likeness (QED) is 0.382. The van der Waals surface area contributed by atoms with Crippen LogP contribution in [0.15, 0.2) is 66.7 Å². The number of benzene rings is 3. The molecule has 0 saturated carbocycles. The van der Waals surface area contributed by atoms with Gasteiger partial charge in [0.1, 0.15) is 11.5 Å². The third-order valence-corrected chi connectivity index (χ3v) is 5.48. The average Bonchev–Trinajstić information content (AvgIpc) is 2.90. The first-order chi connectivity index (χ1) is 18.1. The second-order valence-corrected chi connectivity index (χ2v) is 8.28. The molecule has 3 aromatic rings. The molecular formula is C28H27NO9. The molecule has 0 heterocycles. The van der Waals surface area contributed by atoms with Crippen LogP contribution >= 0.6 is 0 Å². The average molecular weight is 522 g/mol. The molecule has 0 unspecified atom stereocenters. The normalized spacial score (nSPS) is 12.0. The van der Waals surface area contributed by atoms with Crippen molar-refractivity contribution in [1.82, 2.24) is 0 Å². The minimum absolute atomic E-state index is 0.0559. The van der Waals surface area contributed by atoms with Crippen molar-refractivity contribution < 1.29 is 43.2 Å². The predicted octanol–water partition coefficient (Wildman–Crippen LogP) is 3.79. The highest BCUT2D eigenvalue weighted by Gasteiger charge is 2.41. The number of anilines is 1. The predicted molar refractivity (Wildman–Crippen MR) is 137 cm³/mol. The third-order valence-electron chi connectivity index (χ3n) is 5.48. The lowest BCUT2D eigenvalue weighted by molar-refractivity contribution is -0.157. The van der Waals surface area contributed by atoms with Gasteiger partial charge in [-0.3, -0.25) is 4.79 Å². The van der Waals surface area contributed by atoms with E-state index in [4.69, 9.17) is 18.9 Å². The van der Waals surface area contributed by atoms with Crippen molar-refractivity contribution in [3.63, 3.8) is 0 Å². The van der Waals surface area contributed by atoms with Gasteiger partial charge in [-0.05, 0) is 50.2 Å². The molecule has 0 fully saturated rings. The van der Waals surface area contributed by atoms with Crippen LogP contribution in [0.4, 0.5) is 5.69 Å². The zero-order valence-corrected chi connectivity index (χ0v) is 21.2. The van der Waals surface area contributed by atoms with Crippen LogP contribution in [0.1, 0.15) is 31.8 Å². The topological polar surface area (TPSA) is 137 Å². The Kier molecular flexibility index (Phi) is 9.04. The standard InChI is InChI=1S/C28H27NO9/c1-16-5-9-18(10-6-16)27(33)37-23(25(30)29-21-15-20(35-3)13-14-22(21)36-4)24(26(31)32)38-28(34)19-11-7-17(2)8-12-19/h5-15,23-24H,1-4H3,(H,29,30)(H,31,32)/t23-,24+/m1/s1.